The van der Waals surface area contributed by atoms with E-state index in [0.717, 1.165) is 21.2 Å². The molecule has 9 nitrogen and oxygen atoms in total. The molecule has 0 unspecified atom stereocenters. The molecular formula is C27H22N4O5. The molecule has 180 valence electrons. The van der Waals surface area contributed by atoms with Gasteiger partial charge in [0.25, 0.3) is 5.56 Å². The highest BCUT2D eigenvalue weighted by atomic mass is 16.5. The minimum atomic E-state index is -0.633. The second kappa shape index (κ2) is 9.38. The van der Waals surface area contributed by atoms with Gasteiger partial charge in [0.1, 0.15) is 17.9 Å². The van der Waals surface area contributed by atoms with Crippen molar-refractivity contribution >= 4 is 23.0 Å². The van der Waals surface area contributed by atoms with Gasteiger partial charge < -0.3 is 9.15 Å². The second-order valence-electron chi connectivity index (χ2n) is 8.18. The fourth-order valence-electron chi connectivity index (χ4n) is 3.78. The number of nitrogens with zero attached hydrogens (tertiary/aromatic N) is 4. The first kappa shape index (κ1) is 22.9. The molecule has 0 radical (unpaired) electrons. The molecule has 3 heterocycles. The van der Waals surface area contributed by atoms with Gasteiger partial charge in [-0.2, -0.15) is 5.10 Å². The summed E-state index contributed by atoms with van der Waals surface area (Å²) in [5.74, 6) is -0.0693. The zero-order valence-electron chi connectivity index (χ0n) is 19.6. The molecule has 2 aromatic carbocycles. The van der Waals surface area contributed by atoms with Gasteiger partial charge in [0.05, 0.1) is 11.4 Å². The number of esters is 1. The van der Waals surface area contributed by atoms with Crippen LogP contribution in [0.15, 0.2) is 93.0 Å². The lowest BCUT2D eigenvalue weighted by Crippen LogP contribution is -2.38. The Morgan fingerprint density at radius 1 is 1.00 bits per heavy atom. The maximum Gasteiger partial charge on any atom is 0.331 e. The Balaban J connectivity index is 1.43. The van der Waals surface area contributed by atoms with Gasteiger partial charge in [-0.3, -0.25) is 13.9 Å². The predicted octanol–water partition coefficient (Wildman–Crippen LogP) is 3.44. The standard InChI is InChI=1S/C27H22N4O5/c1-29-21(15-24(32)30(2)27(29)34)17-35-25(33)13-12-19-16-31(20-9-4-3-5-10-20)28-26(19)23-14-18-8-6-7-11-22(18)36-23/h3-16H,17H2,1-2H3. The van der Waals surface area contributed by atoms with E-state index in [1.807, 2.05) is 60.7 Å². The summed E-state index contributed by atoms with van der Waals surface area (Å²) in [6, 6.07) is 20.4. The largest absolute Gasteiger partial charge is 0.456 e. The number of carbonyl (C=O) groups is 1. The molecule has 0 bridgehead atoms. The van der Waals surface area contributed by atoms with E-state index in [0.29, 0.717) is 22.7 Å². The fourth-order valence-corrected chi connectivity index (χ4v) is 3.78. The molecule has 0 aliphatic carbocycles. The number of fused-ring (bicyclic) bond motifs is 1. The van der Waals surface area contributed by atoms with Crippen molar-refractivity contribution in [3.63, 3.8) is 0 Å². The number of carbonyl (C=O) groups excluding carboxylic acids is 1. The summed E-state index contributed by atoms with van der Waals surface area (Å²) in [4.78, 5) is 36.4. The number of ether oxygens (including phenoxy) is 1. The monoisotopic (exact) mass is 482 g/mol. The van der Waals surface area contributed by atoms with E-state index in [9.17, 15) is 14.4 Å². The van der Waals surface area contributed by atoms with Crippen LogP contribution >= 0.6 is 0 Å². The number of furan rings is 1. The Morgan fingerprint density at radius 3 is 2.53 bits per heavy atom. The van der Waals surface area contributed by atoms with Crippen molar-refractivity contribution in [3.8, 4) is 17.1 Å². The Labute approximate surface area is 205 Å². The van der Waals surface area contributed by atoms with E-state index in [-0.39, 0.29) is 6.61 Å². The maximum absolute atomic E-state index is 12.5. The molecule has 0 atom stereocenters. The molecule has 0 fully saturated rings. The molecule has 5 aromatic rings. The van der Waals surface area contributed by atoms with Gasteiger partial charge >= 0.3 is 11.7 Å². The highest BCUT2D eigenvalue weighted by Crippen LogP contribution is 2.30. The van der Waals surface area contributed by atoms with Gasteiger partial charge in [-0.1, -0.05) is 36.4 Å². The lowest BCUT2D eigenvalue weighted by atomic mass is 10.2. The van der Waals surface area contributed by atoms with Crippen LogP contribution in [0, 0.1) is 0 Å². The Hall–Kier alpha value is -4.92. The number of rotatable bonds is 6. The number of benzene rings is 2. The minimum absolute atomic E-state index is 0.218. The Morgan fingerprint density at radius 2 is 1.75 bits per heavy atom. The molecule has 0 aliphatic heterocycles. The van der Waals surface area contributed by atoms with E-state index in [1.54, 1.807) is 17.0 Å². The summed E-state index contributed by atoms with van der Waals surface area (Å²) >= 11 is 0. The van der Waals surface area contributed by atoms with Gasteiger partial charge in [-0.25, -0.2) is 14.3 Å². The summed E-state index contributed by atoms with van der Waals surface area (Å²) in [7, 11) is 2.90. The average molecular weight is 482 g/mol. The zero-order valence-corrected chi connectivity index (χ0v) is 19.6. The van der Waals surface area contributed by atoms with Crippen LogP contribution < -0.4 is 11.2 Å². The van der Waals surface area contributed by atoms with E-state index < -0.39 is 17.2 Å². The Bertz CT molecular complexity index is 1690. The molecule has 9 heteroatoms. The van der Waals surface area contributed by atoms with Gasteiger partial charge in [-0.05, 0) is 30.3 Å². The molecule has 3 aromatic heterocycles. The van der Waals surface area contributed by atoms with Gasteiger partial charge in [-0.15, -0.1) is 0 Å². The zero-order chi connectivity index (χ0) is 25.2. The van der Waals surface area contributed by atoms with Gasteiger partial charge in [0, 0.05) is 43.4 Å². The first-order valence-electron chi connectivity index (χ1n) is 11.2. The van der Waals surface area contributed by atoms with Crippen LogP contribution in [0.5, 0.6) is 0 Å². The van der Waals surface area contributed by atoms with Crippen LogP contribution in [0.1, 0.15) is 11.3 Å². The molecule has 36 heavy (non-hydrogen) atoms. The van der Waals surface area contributed by atoms with Gasteiger partial charge in [0.2, 0.25) is 0 Å². The number of aromatic nitrogens is 4. The highest BCUT2D eigenvalue weighted by Gasteiger charge is 2.16. The molecule has 0 saturated carbocycles. The average Bonchev–Trinajstić information content (AvgIpc) is 3.52. The van der Waals surface area contributed by atoms with Crippen LogP contribution in [0.2, 0.25) is 0 Å². The van der Waals surface area contributed by atoms with Crippen molar-refractivity contribution in [2.75, 3.05) is 0 Å². The molecule has 0 spiro atoms. The van der Waals surface area contributed by atoms with Crippen molar-refractivity contribution in [2.45, 2.75) is 6.61 Å². The third-order valence-corrected chi connectivity index (χ3v) is 5.81. The van der Waals surface area contributed by atoms with Crippen molar-refractivity contribution < 1.29 is 13.9 Å². The number of hydrogen-bond donors (Lipinski definition) is 0. The molecular weight excluding hydrogens is 460 g/mol. The lowest BCUT2D eigenvalue weighted by Gasteiger charge is -2.09. The van der Waals surface area contributed by atoms with Crippen molar-refractivity contribution in [1.29, 1.82) is 0 Å². The predicted molar refractivity (Wildman–Crippen MR) is 135 cm³/mol. The summed E-state index contributed by atoms with van der Waals surface area (Å²) in [5.41, 5.74) is 2.13. The van der Waals surface area contributed by atoms with Crippen LogP contribution in [-0.4, -0.2) is 24.9 Å². The highest BCUT2D eigenvalue weighted by molar-refractivity contribution is 5.89. The van der Waals surface area contributed by atoms with Crippen molar-refractivity contribution in [3.05, 3.63) is 111 Å². The summed E-state index contributed by atoms with van der Waals surface area (Å²) in [5, 5.41) is 5.64. The first-order chi connectivity index (χ1) is 17.4. The van der Waals surface area contributed by atoms with Crippen molar-refractivity contribution in [2.24, 2.45) is 14.1 Å². The van der Waals surface area contributed by atoms with E-state index in [2.05, 4.69) is 0 Å². The number of para-hydroxylation sites is 2. The third kappa shape index (κ3) is 4.41. The van der Waals surface area contributed by atoms with Crippen LogP contribution in [-0.2, 0) is 30.2 Å². The van der Waals surface area contributed by atoms with E-state index in [4.69, 9.17) is 14.3 Å². The summed E-state index contributed by atoms with van der Waals surface area (Å²) in [6.07, 6.45) is 4.67. The smallest absolute Gasteiger partial charge is 0.331 e. The Kier molecular flexibility index (Phi) is 5.95. The van der Waals surface area contributed by atoms with Crippen molar-refractivity contribution in [1.82, 2.24) is 18.9 Å². The van der Waals surface area contributed by atoms with E-state index >= 15 is 0 Å². The fraction of sp³-hybridized carbons (Fsp3) is 0.111. The maximum atomic E-state index is 12.5. The number of hydrogen-bond acceptors (Lipinski definition) is 6. The van der Waals surface area contributed by atoms with Crippen LogP contribution in [0.4, 0.5) is 0 Å². The quantitative estimate of drug-likeness (QED) is 0.271. The SMILES string of the molecule is Cn1c(COC(=O)C=Cc2cn(-c3ccccc3)nc2-c2cc3ccccc3o2)cc(=O)n(C)c1=O. The normalized spacial score (nSPS) is 11.4. The lowest BCUT2D eigenvalue weighted by molar-refractivity contribution is -0.139. The molecule has 0 saturated heterocycles. The molecule has 0 amide bonds. The third-order valence-electron chi connectivity index (χ3n) is 5.81. The van der Waals surface area contributed by atoms with E-state index in [1.165, 1.54) is 30.8 Å². The molecule has 0 aliphatic rings. The first-order valence-corrected chi connectivity index (χ1v) is 11.2. The topological polar surface area (TPSA) is 101 Å². The molecule has 0 N–H and O–H groups in total. The van der Waals surface area contributed by atoms with Crippen LogP contribution in [0.25, 0.3) is 34.2 Å². The van der Waals surface area contributed by atoms with Crippen LogP contribution in [0.3, 0.4) is 0 Å². The summed E-state index contributed by atoms with van der Waals surface area (Å²) in [6.45, 7) is -0.218. The summed E-state index contributed by atoms with van der Waals surface area (Å²) < 4.78 is 15.3. The molecule has 5 rings (SSSR count). The second-order valence-corrected chi connectivity index (χ2v) is 8.18. The van der Waals surface area contributed by atoms with Gasteiger partial charge in [0.15, 0.2) is 5.76 Å². The minimum Gasteiger partial charge on any atom is -0.456 e.